The first kappa shape index (κ1) is 25.0. The molecule has 0 heterocycles. The van der Waals surface area contributed by atoms with Gasteiger partial charge in [-0.05, 0) is 57.6 Å². The summed E-state index contributed by atoms with van der Waals surface area (Å²) in [6.45, 7) is 7.58. The van der Waals surface area contributed by atoms with Crippen LogP contribution in [0.15, 0.2) is 24.3 Å². The number of unbranched alkanes of at least 4 members (excludes halogenated alkanes) is 5. The van der Waals surface area contributed by atoms with Gasteiger partial charge in [-0.15, -0.1) is 0 Å². The SMILES string of the molecule is CCCCCCCCc1ccc(CCC(CC(=O)O)NC(=O)OC(C)(C)C)cc1. The smallest absolute Gasteiger partial charge is 0.407 e. The third-order valence-electron chi connectivity index (χ3n) is 4.77. The number of ether oxygens (including phenoxy) is 1. The lowest BCUT2D eigenvalue weighted by Gasteiger charge is -2.23. The highest BCUT2D eigenvalue weighted by Crippen LogP contribution is 2.14. The summed E-state index contributed by atoms with van der Waals surface area (Å²) in [6, 6.07) is 8.09. The van der Waals surface area contributed by atoms with E-state index in [4.69, 9.17) is 9.84 Å². The van der Waals surface area contributed by atoms with Crippen LogP contribution in [0.2, 0.25) is 0 Å². The molecule has 5 nitrogen and oxygen atoms in total. The standard InChI is InChI=1S/C24H39NO4/c1-5-6-7-8-9-10-11-19-12-14-20(15-13-19)16-17-21(18-22(26)27)25-23(28)29-24(2,3)4/h12-15,21H,5-11,16-18H2,1-4H3,(H,25,28)(H,26,27). The maximum absolute atomic E-state index is 12.0. The van der Waals surface area contributed by atoms with Crippen LogP contribution in [-0.2, 0) is 22.4 Å². The second kappa shape index (κ2) is 13.2. The highest BCUT2D eigenvalue weighted by molar-refractivity contribution is 5.71. The molecule has 1 aromatic carbocycles. The molecule has 0 aliphatic heterocycles. The van der Waals surface area contributed by atoms with E-state index in [2.05, 4.69) is 36.5 Å². The lowest BCUT2D eigenvalue weighted by atomic mass is 10.00. The Kier molecular flexibility index (Phi) is 11.4. The molecule has 2 N–H and O–H groups in total. The van der Waals surface area contributed by atoms with Crippen molar-refractivity contribution >= 4 is 12.1 Å². The van der Waals surface area contributed by atoms with Gasteiger partial charge in [0, 0.05) is 6.04 Å². The van der Waals surface area contributed by atoms with Crippen LogP contribution in [0.5, 0.6) is 0 Å². The Morgan fingerprint density at radius 1 is 0.966 bits per heavy atom. The molecule has 0 spiro atoms. The molecule has 1 aromatic rings. The molecule has 164 valence electrons. The van der Waals surface area contributed by atoms with E-state index in [-0.39, 0.29) is 6.42 Å². The van der Waals surface area contributed by atoms with Crippen molar-refractivity contribution in [2.45, 2.75) is 104 Å². The van der Waals surface area contributed by atoms with E-state index in [1.165, 1.54) is 44.1 Å². The van der Waals surface area contributed by atoms with Gasteiger partial charge >= 0.3 is 12.1 Å². The minimum atomic E-state index is -0.930. The number of carboxylic acids is 1. The average molecular weight is 406 g/mol. The maximum Gasteiger partial charge on any atom is 0.407 e. The predicted octanol–water partition coefficient (Wildman–Crippen LogP) is 5.89. The summed E-state index contributed by atoms with van der Waals surface area (Å²) in [5, 5.41) is 11.8. The Balaban J connectivity index is 2.44. The lowest BCUT2D eigenvalue weighted by Crippen LogP contribution is -2.40. The number of alkyl carbamates (subject to hydrolysis) is 1. The number of nitrogens with one attached hydrogen (secondary N) is 1. The molecule has 5 heteroatoms. The highest BCUT2D eigenvalue weighted by atomic mass is 16.6. The van der Waals surface area contributed by atoms with Gasteiger partial charge in [-0.25, -0.2) is 4.79 Å². The minimum Gasteiger partial charge on any atom is -0.481 e. The second-order valence-electron chi connectivity index (χ2n) is 8.81. The molecular formula is C24H39NO4. The van der Waals surface area contributed by atoms with Gasteiger partial charge in [0.1, 0.15) is 5.60 Å². The summed E-state index contributed by atoms with van der Waals surface area (Å²) in [4.78, 5) is 23.1. The molecule has 1 atom stereocenters. The molecule has 1 unspecified atom stereocenters. The van der Waals surface area contributed by atoms with Crippen LogP contribution in [0.25, 0.3) is 0 Å². The van der Waals surface area contributed by atoms with Crippen molar-refractivity contribution < 1.29 is 19.4 Å². The second-order valence-corrected chi connectivity index (χ2v) is 8.81. The van der Waals surface area contributed by atoms with Crippen LogP contribution in [0.3, 0.4) is 0 Å². The number of carboxylic acid groups (broad SMARTS) is 1. The van der Waals surface area contributed by atoms with E-state index in [1.54, 1.807) is 20.8 Å². The van der Waals surface area contributed by atoms with Crippen LogP contribution in [0, 0.1) is 0 Å². The number of amides is 1. The molecule has 0 radical (unpaired) electrons. The molecule has 0 saturated heterocycles. The topological polar surface area (TPSA) is 75.6 Å². The number of hydrogen-bond acceptors (Lipinski definition) is 3. The monoisotopic (exact) mass is 405 g/mol. The van der Waals surface area contributed by atoms with Gasteiger partial charge < -0.3 is 15.2 Å². The number of rotatable bonds is 13. The van der Waals surface area contributed by atoms with Crippen molar-refractivity contribution in [2.24, 2.45) is 0 Å². The molecular weight excluding hydrogens is 366 g/mol. The fraction of sp³-hybridized carbons (Fsp3) is 0.667. The van der Waals surface area contributed by atoms with E-state index in [0.717, 1.165) is 12.0 Å². The summed E-state index contributed by atoms with van der Waals surface area (Å²) in [5.74, 6) is -0.930. The Bertz CT molecular complexity index is 604. The predicted molar refractivity (Wildman–Crippen MR) is 117 cm³/mol. The third kappa shape index (κ3) is 12.9. The van der Waals surface area contributed by atoms with Gasteiger partial charge in [-0.3, -0.25) is 4.79 Å². The van der Waals surface area contributed by atoms with Crippen LogP contribution < -0.4 is 5.32 Å². The molecule has 0 aliphatic carbocycles. The van der Waals surface area contributed by atoms with Crippen molar-refractivity contribution in [1.82, 2.24) is 5.32 Å². The minimum absolute atomic E-state index is 0.116. The molecule has 0 aliphatic rings. The molecule has 0 fully saturated rings. The molecule has 0 saturated carbocycles. The largest absolute Gasteiger partial charge is 0.481 e. The summed E-state index contributed by atoms with van der Waals surface area (Å²) in [5.41, 5.74) is 1.89. The number of aliphatic carboxylic acids is 1. The van der Waals surface area contributed by atoms with E-state index in [1.807, 2.05) is 0 Å². The summed E-state index contributed by atoms with van der Waals surface area (Å²) >= 11 is 0. The summed E-state index contributed by atoms with van der Waals surface area (Å²) < 4.78 is 5.24. The van der Waals surface area contributed by atoms with Gasteiger partial charge in [0.25, 0.3) is 0 Å². The fourth-order valence-corrected chi connectivity index (χ4v) is 3.23. The van der Waals surface area contributed by atoms with Crippen molar-refractivity contribution in [3.8, 4) is 0 Å². The first-order chi connectivity index (χ1) is 13.7. The van der Waals surface area contributed by atoms with Crippen molar-refractivity contribution in [1.29, 1.82) is 0 Å². The zero-order valence-corrected chi connectivity index (χ0v) is 18.6. The molecule has 1 rings (SSSR count). The molecule has 1 amide bonds. The molecule has 0 bridgehead atoms. The zero-order chi connectivity index (χ0) is 21.7. The van der Waals surface area contributed by atoms with Crippen molar-refractivity contribution in [3.63, 3.8) is 0 Å². The van der Waals surface area contributed by atoms with Crippen LogP contribution >= 0.6 is 0 Å². The van der Waals surface area contributed by atoms with Crippen LogP contribution in [-0.4, -0.2) is 28.8 Å². The molecule has 0 aromatic heterocycles. The van der Waals surface area contributed by atoms with Gasteiger partial charge in [-0.1, -0.05) is 63.3 Å². The van der Waals surface area contributed by atoms with Crippen molar-refractivity contribution in [2.75, 3.05) is 0 Å². The summed E-state index contributed by atoms with van der Waals surface area (Å²) in [7, 11) is 0. The van der Waals surface area contributed by atoms with E-state index in [9.17, 15) is 9.59 Å². The van der Waals surface area contributed by atoms with Gasteiger partial charge in [0.2, 0.25) is 0 Å². The Hall–Kier alpha value is -2.04. The normalized spacial score (nSPS) is 12.4. The summed E-state index contributed by atoms with van der Waals surface area (Å²) in [6.07, 6.45) is 9.47. The first-order valence-electron chi connectivity index (χ1n) is 11.0. The molecule has 29 heavy (non-hydrogen) atoms. The average Bonchev–Trinajstić information content (AvgIpc) is 2.61. The highest BCUT2D eigenvalue weighted by Gasteiger charge is 2.21. The number of hydrogen-bond donors (Lipinski definition) is 2. The number of carbonyl (C=O) groups is 2. The van der Waals surface area contributed by atoms with Gasteiger partial charge in [-0.2, -0.15) is 0 Å². The first-order valence-corrected chi connectivity index (χ1v) is 11.0. The quantitative estimate of drug-likeness (QED) is 0.401. The number of aryl methyl sites for hydroxylation is 2. The van der Waals surface area contributed by atoms with Crippen LogP contribution in [0.1, 0.15) is 90.2 Å². The Labute approximate surface area is 176 Å². The zero-order valence-electron chi connectivity index (χ0n) is 18.6. The van der Waals surface area contributed by atoms with E-state index >= 15 is 0 Å². The van der Waals surface area contributed by atoms with Gasteiger partial charge in [0.15, 0.2) is 0 Å². The lowest BCUT2D eigenvalue weighted by molar-refractivity contribution is -0.137. The third-order valence-corrected chi connectivity index (χ3v) is 4.77. The van der Waals surface area contributed by atoms with E-state index in [0.29, 0.717) is 12.8 Å². The van der Waals surface area contributed by atoms with E-state index < -0.39 is 23.7 Å². The Morgan fingerprint density at radius 3 is 2.07 bits per heavy atom. The van der Waals surface area contributed by atoms with Gasteiger partial charge in [0.05, 0.1) is 6.42 Å². The number of carbonyl (C=O) groups excluding carboxylic acids is 1. The Morgan fingerprint density at radius 2 is 1.52 bits per heavy atom. The fourth-order valence-electron chi connectivity index (χ4n) is 3.23. The maximum atomic E-state index is 12.0. The van der Waals surface area contributed by atoms with Crippen molar-refractivity contribution in [3.05, 3.63) is 35.4 Å². The number of benzene rings is 1. The van der Waals surface area contributed by atoms with Crippen LogP contribution in [0.4, 0.5) is 4.79 Å².